The van der Waals surface area contributed by atoms with Gasteiger partial charge in [-0.3, -0.25) is 4.79 Å². The lowest BCUT2D eigenvalue weighted by molar-refractivity contribution is 0.0726. The molecule has 4 rings (SSSR count). The van der Waals surface area contributed by atoms with Crippen LogP contribution in [-0.4, -0.2) is 33.2 Å². The Hall–Kier alpha value is -1.70. The molecule has 10 heteroatoms. The minimum atomic E-state index is -3.09. The molecular weight excluding hydrogens is 450 g/mol. The number of hydrogen-bond acceptors (Lipinski definition) is 2. The van der Waals surface area contributed by atoms with Gasteiger partial charge in [-0.05, 0) is 24.1 Å². The molecule has 0 radical (unpaired) electrons. The molecule has 4 nitrogen and oxygen atoms in total. The van der Waals surface area contributed by atoms with E-state index in [0.717, 1.165) is 0 Å². The average molecular weight is 465 g/mol. The highest BCUT2D eigenvalue weighted by Crippen LogP contribution is 2.61. The third-order valence-electron chi connectivity index (χ3n) is 5.61. The minimum Gasteiger partial charge on any atom is -0.330 e. The molecule has 1 aromatic heterocycles. The minimum absolute atomic E-state index is 0.0294. The van der Waals surface area contributed by atoms with E-state index in [-0.39, 0.29) is 12.6 Å². The first kappa shape index (κ1) is 20.6. The Balaban J connectivity index is 1.80. The number of benzene rings is 1. The molecule has 0 N–H and O–H groups in total. The van der Waals surface area contributed by atoms with Gasteiger partial charge in [-0.1, -0.05) is 47.8 Å². The van der Waals surface area contributed by atoms with Gasteiger partial charge in [-0.2, -0.15) is 9.49 Å². The first-order valence-electron chi connectivity index (χ1n) is 8.73. The van der Waals surface area contributed by atoms with Crippen LogP contribution in [0.5, 0.6) is 0 Å². The normalized spacial score (nSPS) is 23.6. The monoisotopic (exact) mass is 463 g/mol. The first-order valence-corrected chi connectivity index (χ1v) is 9.86. The SMILES string of the molecule is Cn1nc(C(F)F)c(C(=O)N2CC(c3c(Cl)cccc3Cl)=C(Cl)C3(C)CC23)c1F. The van der Waals surface area contributed by atoms with Crippen molar-refractivity contribution in [2.75, 3.05) is 6.54 Å². The van der Waals surface area contributed by atoms with Gasteiger partial charge in [-0.25, -0.2) is 13.5 Å². The lowest BCUT2D eigenvalue weighted by atomic mass is 9.93. The van der Waals surface area contributed by atoms with E-state index in [1.165, 1.54) is 11.9 Å². The molecule has 0 saturated heterocycles. The molecule has 0 bridgehead atoms. The third kappa shape index (κ3) is 3.05. The van der Waals surface area contributed by atoms with Gasteiger partial charge in [0.25, 0.3) is 12.3 Å². The number of carbonyl (C=O) groups is 1. The van der Waals surface area contributed by atoms with Gasteiger partial charge < -0.3 is 4.90 Å². The zero-order chi connectivity index (χ0) is 21.2. The quantitative estimate of drug-likeness (QED) is 0.585. The van der Waals surface area contributed by atoms with Crippen LogP contribution in [0, 0.1) is 11.4 Å². The highest BCUT2D eigenvalue weighted by atomic mass is 35.5. The Morgan fingerprint density at radius 1 is 1.28 bits per heavy atom. The Labute approximate surface area is 179 Å². The number of aromatic nitrogens is 2. The third-order valence-corrected chi connectivity index (χ3v) is 6.90. The maximum atomic E-state index is 14.5. The van der Waals surface area contributed by atoms with Crippen LogP contribution < -0.4 is 0 Å². The number of carbonyl (C=O) groups excluding carboxylic acids is 1. The maximum Gasteiger partial charge on any atom is 0.283 e. The zero-order valence-electron chi connectivity index (χ0n) is 15.3. The summed E-state index contributed by atoms with van der Waals surface area (Å²) in [7, 11) is 1.17. The summed E-state index contributed by atoms with van der Waals surface area (Å²) in [4.78, 5) is 14.5. The summed E-state index contributed by atoms with van der Waals surface area (Å²) >= 11 is 19.3. The van der Waals surface area contributed by atoms with Crippen molar-refractivity contribution in [1.82, 2.24) is 14.7 Å². The predicted octanol–water partition coefficient (Wildman–Crippen LogP) is 5.69. The van der Waals surface area contributed by atoms with Crippen molar-refractivity contribution >= 4 is 46.3 Å². The van der Waals surface area contributed by atoms with Crippen molar-refractivity contribution in [2.45, 2.75) is 25.8 Å². The highest BCUT2D eigenvalue weighted by molar-refractivity contribution is 6.40. The molecule has 154 valence electrons. The summed E-state index contributed by atoms with van der Waals surface area (Å²) in [6.45, 7) is 1.83. The molecule has 2 atom stereocenters. The lowest BCUT2D eigenvalue weighted by Gasteiger charge is -2.33. The van der Waals surface area contributed by atoms with Crippen molar-refractivity contribution in [3.63, 3.8) is 0 Å². The zero-order valence-corrected chi connectivity index (χ0v) is 17.6. The first-order chi connectivity index (χ1) is 13.6. The Kier molecular flexibility index (Phi) is 4.91. The number of amides is 1. The van der Waals surface area contributed by atoms with Crippen molar-refractivity contribution in [3.8, 4) is 0 Å². The van der Waals surface area contributed by atoms with Gasteiger partial charge in [0.05, 0.1) is 0 Å². The Bertz CT molecular complexity index is 1050. The van der Waals surface area contributed by atoms with Crippen LogP contribution in [0.15, 0.2) is 23.2 Å². The summed E-state index contributed by atoms with van der Waals surface area (Å²) < 4.78 is 41.9. The van der Waals surface area contributed by atoms with E-state index < -0.39 is 35.0 Å². The van der Waals surface area contributed by atoms with E-state index in [9.17, 15) is 18.0 Å². The van der Waals surface area contributed by atoms with Gasteiger partial charge in [0.1, 0.15) is 11.3 Å². The van der Waals surface area contributed by atoms with E-state index in [1.54, 1.807) is 18.2 Å². The van der Waals surface area contributed by atoms with Gasteiger partial charge >= 0.3 is 0 Å². The summed E-state index contributed by atoms with van der Waals surface area (Å²) in [6, 6.07) is 4.62. The molecule has 1 amide bonds. The Morgan fingerprint density at radius 2 is 1.90 bits per heavy atom. The second kappa shape index (κ2) is 6.93. The van der Waals surface area contributed by atoms with Crippen molar-refractivity contribution in [3.05, 3.63) is 56.0 Å². The highest BCUT2D eigenvalue weighted by Gasteiger charge is 2.60. The van der Waals surface area contributed by atoms with E-state index in [4.69, 9.17) is 34.8 Å². The molecule has 0 spiro atoms. The van der Waals surface area contributed by atoms with E-state index in [2.05, 4.69) is 5.10 Å². The predicted molar refractivity (Wildman–Crippen MR) is 105 cm³/mol. The fourth-order valence-electron chi connectivity index (χ4n) is 3.93. The number of halogens is 6. The van der Waals surface area contributed by atoms with Gasteiger partial charge in [0, 0.05) is 45.7 Å². The van der Waals surface area contributed by atoms with Gasteiger partial charge in [-0.15, -0.1) is 0 Å². The molecule has 2 aliphatic rings. The fraction of sp³-hybridized carbons (Fsp3) is 0.368. The van der Waals surface area contributed by atoms with Crippen LogP contribution in [0.25, 0.3) is 5.57 Å². The fourth-order valence-corrected chi connectivity index (χ4v) is 4.92. The summed E-state index contributed by atoms with van der Waals surface area (Å²) in [5.74, 6) is -1.96. The van der Waals surface area contributed by atoms with Crippen molar-refractivity contribution in [1.29, 1.82) is 0 Å². The number of nitrogens with zero attached hydrogens (tertiary/aromatic N) is 3. The molecule has 1 fully saturated rings. The topological polar surface area (TPSA) is 38.1 Å². The molecule has 1 aliphatic heterocycles. The number of rotatable bonds is 3. The number of aryl methyl sites for hydroxylation is 1. The van der Waals surface area contributed by atoms with Crippen LogP contribution in [0.3, 0.4) is 0 Å². The van der Waals surface area contributed by atoms with Crippen LogP contribution in [0.4, 0.5) is 13.2 Å². The lowest BCUT2D eigenvalue weighted by Crippen LogP contribution is -2.40. The number of alkyl halides is 2. The Morgan fingerprint density at radius 3 is 2.48 bits per heavy atom. The smallest absolute Gasteiger partial charge is 0.283 e. The summed E-state index contributed by atoms with van der Waals surface area (Å²) in [5, 5.41) is 4.68. The van der Waals surface area contributed by atoms with Gasteiger partial charge in [0.2, 0.25) is 5.95 Å². The van der Waals surface area contributed by atoms with E-state index >= 15 is 0 Å². The molecule has 2 aromatic rings. The molecule has 2 unspecified atom stereocenters. The number of hydrogen-bond donors (Lipinski definition) is 0. The molecule has 1 aliphatic carbocycles. The second-order valence-electron chi connectivity index (χ2n) is 7.43. The van der Waals surface area contributed by atoms with Crippen molar-refractivity contribution in [2.24, 2.45) is 12.5 Å². The van der Waals surface area contributed by atoms with Crippen LogP contribution in [0.2, 0.25) is 10.0 Å². The largest absolute Gasteiger partial charge is 0.330 e. The molecule has 29 heavy (non-hydrogen) atoms. The molecule has 2 heterocycles. The molecular formula is C19H15Cl3F3N3O. The molecule has 1 aromatic carbocycles. The summed E-state index contributed by atoms with van der Waals surface area (Å²) in [5.41, 5.74) is -1.17. The molecule has 1 saturated carbocycles. The summed E-state index contributed by atoms with van der Waals surface area (Å²) in [6.07, 6.45) is -2.56. The average Bonchev–Trinajstić information content (AvgIpc) is 3.26. The van der Waals surface area contributed by atoms with E-state index in [1.807, 2.05) is 6.92 Å². The van der Waals surface area contributed by atoms with Crippen LogP contribution in [0.1, 0.15) is 41.4 Å². The second-order valence-corrected chi connectivity index (χ2v) is 8.63. The van der Waals surface area contributed by atoms with Crippen molar-refractivity contribution < 1.29 is 18.0 Å². The van der Waals surface area contributed by atoms with Gasteiger partial charge in [0.15, 0.2) is 0 Å². The van der Waals surface area contributed by atoms with Crippen LogP contribution >= 0.6 is 34.8 Å². The van der Waals surface area contributed by atoms with Crippen LogP contribution in [-0.2, 0) is 7.05 Å². The van der Waals surface area contributed by atoms with E-state index in [0.29, 0.717) is 37.3 Å². The maximum absolute atomic E-state index is 14.5. The standard InChI is InChI=1S/C19H15Cl3F3N3O/c1-19-6-11(19)28(18(29)13-14(16(23)24)26-27(2)17(13)25)7-8(15(19)22)12-9(20)4-3-5-10(12)21/h3-5,11,16H,6-7H2,1-2H3. The number of fused-ring (bicyclic) bond motifs is 1.